The molecule has 0 rings (SSSR count). The summed E-state index contributed by atoms with van der Waals surface area (Å²) in [5.41, 5.74) is 0. The number of hydrogen-bond donors (Lipinski definition) is 0. The molecule has 0 aromatic carbocycles. The minimum Gasteiger partial charge on any atom is -0.360 e. The van der Waals surface area contributed by atoms with Gasteiger partial charge in [0.15, 0.2) is 0 Å². The van der Waals surface area contributed by atoms with E-state index in [2.05, 4.69) is 0 Å². The van der Waals surface area contributed by atoms with Crippen molar-refractivity contribution in [1.29, 1.82) is 0 Å². The summed E-state index contributed by atoms with van der Waals surface area (Å²) in [7, 11) is 9.18. The Kier molecular flexibility index (Phi) is 24.3. The van der Waals surface area contributed by atoms with Crippen LogP contribution in [-0.2, 0) is 28.4 Å². The van der Waals surface area contributed by atoms with Crippen LogP contribution in [0.2, 0.25) is 36.3 Å². The molecular weight excluding hydrogens is 461 g/mol. The van der Waals surface area contributed by atoms with Crippen LogP contribution >= 0.6 is 0 Å². The highest BCUT2D eigenvalue weighted by atomic mass is 28.3. The Morgan fingerprint density at radius 2 is 0.710 bits per heavy atom. The molecule has 0 amide bonds. The standard InChI is InChI=1S/C21H52O6Si4/c1-22-19(23-2)28-13-7-10-16-31(17-11-8-14-29-20(24-3)25-4)18-12-9-15-30-21(26-5)27-6/h19-21,31H,7-18,28-30H2,1-6H3. The molecule has 0 unspecified atom stereocenters. The largest absolute Gasteiger partial charge is 0.360 e. The van der Waals surface area contributed by atoms with Crippen LogP contribution in [0.1, 0.15) is 38.5 Å². The lowest BCUT2D eigenvalue weighted by Crippen LogP contribution is -2.21. The van der Waals surface area contributed by atoms with Gasteiger partial charge in [0.2, 0.25) is 0 Å². The maximum Gasteiger partial charge on any atom is 0.134 e. The highest BCUT2D eigenvalue weighted by Gasteiger charge is 2.13. The van der Waals surface area contributed by atoms with Crippen molar-refractivity contribution in [2.45, 2.75) is 92.5 Å². The minimum absolute atomic E-state index is 0.104. The van der Waals surface area contributed by atoms with Gasteiger partial charge in [-0.15, -0.1) is 0 Å². The van der Waals surface area contributed by atoms with Crippen LogP contribution in [0.25, 0.3) is 0 Å². The van der Waals surface area contributed by atoms with Crippen LogP contribution in [-0.4, -0.2) is 97.8 Å². The number of ether oxygens (including phenoxy) is 6. The van der Waals surface area contributed by atoms with Crippen LogP contribution in [0.4, 0.5) is 0 Å². The predicted molar refractivity (Wildman–Crippen MR) is 143 cm³/mol. The average Bonchev–Trinajstić information content (AvgIpc) is 2.80. The molecule has 31 heavy (non-hydrogen) atoms. The van der Waals surface area contributed by atoms with Crippen molar-refractivity contribution >= 4 is 37.4 Å². The summed E-state index contributed by atoms with van der Waals surface area (Å²) in [6, 6.07) is 8.59. The van der Waals surface area contributed by atoms with Crippen molar-refractivity contribution in [3.8, 4) is 0 Å². The van der Waals surface area contributed by atoms with E-state index in [-0.39, 0.29) is 46.3 Å². The van der Waals surface area contributed by atoms with Crippen molar-refractivity contribution < 1.29 is 28.4 Å². The topological polar surface area (TPSA) is 55.4 Å². The first-order chi connectivity index (χ1) is 15.1. The Labute approximate surface area is 200 Å². The minimum atomic E-state index is -0.620. The molecule has 0 aromatic heterocycles. The van der Waals surface area contributed by atoms with Gasteiger partial charge in [-0.1, -0.05) is 74.8 Å². The van der Waals surface area contributed by atoms with Crippen LogP contribution in [0.3, 0.4) is 0 Å². The van der Waals surface area contributed by atoms with E-state index in [1.54, 1.807) is 42.7 Å². The third-order valence-electron chi connectivity index (χ3n) is 6.23. The van der Waals surface area contributed by atoms with Crippen LogP contribution in [0.15, 0.2) is 0 Å². The van der Waals surface area contributed by atoms with Gasteiger partial charge in [-0.2, -0.15) is 0 Å². The van der Waals surface area contributed by atoms with E-state index in [1.807, 2.05) is 0 Å². The summed E-state index contributed by atoms with van der Waals surface area (Å²) in [6.07, 6.45) is 8.34. The van der Waals surface area contributed by atoms with Crippen LogP contribution in [0, 0.1) is 0 Å². The summed E-state index contributed by atoms with van der Waals surface area (Å²) in [5, 5.41) is 0. The molecule has 0 saturated carbocycles. The third kappa shape index (κ3) is 18.7. The van der Waals surface area contributed by atoms with E-state index in [9.17, 15) is 0 Å². The molecule has 0 fully saturated rings. The van der Waals surface area contributed by atoms with Crippen molar-refractivity contribution in [2.75, 3.05) is 42.7 Å². The average molecular weight is 513 g/mol. The molecule has 6 nitrogen and oxygen atoms in total. The fraction of sp³-hybridized carbons (Fsp3) is 1.00. The Hall–Kier alpha value is 0.628. The van der Waals surface area contributed by atoms with Gasteiger partial charge >= 0.3 is 0 Å². The van der Waals surface area contributed by atoms with Gasteiger partial charge in [0.1, 0.15) is 17.7 Å². The number of rotatable bonds is 24. The highest BCUT2D eigenvalue weighted by Crippen LogP contribution is 2.19. The van der Waals surface area contributed by atoms with Crippen molar-refractivity contribution in [3.05, 3.63) is 0 Å². The molecule has 0 aliphatic rings. The Balaban J connectivity index is 4.13. The van der Waals surface area contributed by atoms with E-state index < -0.39 is 8.80 Å². The molecule has 0 aliphatic heterocycles. The Morgan fingerprint density at radius 1 is 0.452 bits per heavy atom. The summed E-state index contributed by atoms with van der Waals surface area (Å²) < 4.78 is 32.2. The van der Waals surface area contributed by atoms with E-state index in [0.717, 1.165) is 0 Å². The van der Waals surface area contributed by atoms with E-state index in [0.29, 0.717) is 0 Å². The van der Waals surface area contributed by atoms with Crippen molar-refractivity contribution in [1.82, 2.24) is 0 Å². The van der Waals surface area contributed by atoms with Gasteiger partial charge in [-0.25, -0.2) is 0 Å². The van der Waals surface area contributed by atoms with E-state index in [4.69, 9.17) is 28.4 Å². The molecule has 0 heterocycles. The summed E-state index contributed by atoms with van der Waals surface area (Å²) >= 11 is 0. The summed E-state index contributed by atoms with van der Waals surface area (Å²) in [6.45, 7) is 0. The normalized spacial score (nSPS) is 14.2. The zero-order valence-electron chi connectivity index (χ0n) is 21.4. The molecular formula is C21H52O6Si4. The van der Waals surface area contributed by atoms with Gasteiger partial charge in [0.25, 0.3) is 0 Å². The molecule has 0 bridgehead atoms. The van der Waals surface area contributed by atoms with Gasteiger partial charge in [-0.05, 0) is 0 Å². The first-order valence-corrected chi connectivity index (χ1v) is 20.2. The predicted octanol–water partition coefficient (Wildman–Crippen LogP) is 2.04. The second-order valence-electron chi connectivity index (χ2n) is 8.48. The van der Waals surface area contributed by atoms with E-state index in [1.165, 1.54) is 74.8 Å². The SMILES string of the molecule is COC(OC)[SiH2]CCCC[SiH](CCCC[SiH2]C(OC)OC)CCCC[SiH2]C(OC)OC. The maximum atomic E-state index is 5.36. The number of hydrogen-bond acceptors (Lipinski definition) is 6. The van der Waals surface area contributed by atoms with Crippen molar-refractivity contribution in [2.24, 2.45) is 0 Å². The van der Waals surface area contributed by atoms with E-state index >= 15 is 0 Å². The lowest BCUT2D eigenvalue weighted by Gasteiger charge is -2.17. The first-order valence-electron chi connectivity index (χ1n) is 12.3. The molecule has 0 N–H and O–H groups in total. The van der Waals surface area contributed by atoms with Gasteiger partial charge < -0.3 is 28.4 Å². The van der Waals surface area contributed by atoms with Gasteiger partial charge in [0, 0.05) is 51.5 Å². The lowest BCUT2D eigenvalue weighted by atomic mass is 10.4. The zero-order chi connectivity index (χ0) is 23.2. The maximum absolute atomic E-state index is 5.36. The van der Waals surface area contributed by atoms with Gasteiger partial charge in [0.05, 0.1) is 28.6 Å². The van der Waals surface area contributed by atoms with Gasteiger partial charge in [-0.3, -0.25) is 0 Å². The molecule has 0 spiro atoms. The molecule has 188 valence electrons. The molecule has 0 saturated heterocycles. The molecule has 0 aromatic rings. The first kappa shape index (κ1) is 31.6. The fourth-order valence-electron chi connectivity index (χ4n) is 4.19. The smallest absolute Gasteiger partial charge is 0.134 e. The number of unbranched alkanes of at least 4 members (excludes halogenated alkanes) is 3. The second kappa shape index (κ2) is 23.8. The molecule has 0 aliphatic carbocycles. The zero-order valence-corrected chi connectivity index (χ0v) is 26.8. The number of methoxy groups -OCH3 is 6. The Bertz CT molecular complexity index is 306. The summed E-state index contributed by atoms with van der Waals surface area (Å²) in [5.74, 6) is 0.312. The molecule has 0 radical (unpaired) electrons. The fourth-order valence-corrected chi connectivity index (χ4v) is 12.0. The van der Waals surface area contributed by atoms with Crippen LogP contribution < -0.4 is 0 Å². The summed E-state index contributed by atoms with van der Waals surface area (Å²) in [4.78, 5) is 0. The lowest BCUT2D eigenvalue weighted by molar-refractivity contribution is -0.0442. The quantitative estimate of drug-likeness (QED) is 0.112. The Morgan fingerprint density at radius 3 is 0.935 bits per heavy atom. The third-order valence-corrected chi connectivity index (χ3v) is 16.0. The second-order valence-corrected chi connectivity index (χ2v) is 17.8. The molecule has 10 heteroatoms. The van der Waals surface area contributed by atoms with Crippen LogP contribution in [0.5, 0.6) is 0 Å². The van der Waals surface area contributed by atoms with Crippen molar-refractivity contribution in [3.63, 3.8) is 0 Å². The monoisotopic (exact) mass is 512 g/mol. The highest BCUT2D eigenvalue weighted by molar-refractivity contribution is 6.58. The molecule has 0 atom stereocenters.